The Morgan fingerprint density at radius 1 is 1.19 bits per heavy atom. The number of anilines is 1. The molecule has 0 saturated carbocycles. The van der Waals surface area contributed by atoms with Crippen LogP contribution in [-0.2, 0) is 11.3 Å². The molecule has 1 aliphatic heterocycles. The summed E-state index contributed by atoms with van der Waals surface area (Å²) in [5, 5.41) is 6.99. The predicted octanol–water partition coefficient (Wildman–Crippen LogP) is 3.44. The van der Waals surface area contributed by atoms with Gasteiger partial charge in [-0.2, -0.15) is 4.98 Å². The van der Waals surface area contributed by atoms with Crippen LogP contribution in [0.15, 0.2) is 40.2 Å². The molecule has 9 heteroatoms. The van der Waals surface area contributed by atoms with Crippen LogP contribution < -0.4 is 4.90 Å². The number of carbonyl (C=O) groups is 1. The van der Waals surface area contributed by atoms with Crippen LogP contribution >= 0.6 is 11.3 Å². The van der Waals surface area contributed by atoms with Crippen LogP contribution in [0.1, 0.15) is 38.4 Å². The summed E-state index contributed by atoms with van der Waals surface area (Å²) in [6.07, 6.45) is 0. The molecule has 2 aromatic heterocycles. The molecule has 1 amide bonds. The van der Waals surface area contributed by atoms with Crippen LogP contribution in [0, 0.1) is 0 Å². The van der Waals surface area contributed by atoms with Crippen LogP contribution in [0.5, 0.6) is 0 Å². The minimum absolute atomic E-state index is 0.0300. The van der Waals surface area contributed by atoms with E-state index in [4.69, 9.17) is 4.52 Å². The van der Waals surface area contributed by atoms with Gasteiger partial charge < -0.3 is 4.52 Å². The highest BCUT2D eigenvalue weighted by Gasteiger charge is 2.26. The molecule has 4 rings (SSSR count). The van der Waals surface area contributed by atoms with Gasteiger partial charge >= 0.3 is 0 Å². The van der Waals surface area contributed by atoms with Crippen molar-refractivity contribution in [3.8, 4) is 11.4 Å². The van der Waals surface area contributed by atoms with E-state index in [0.717, 1.165) is 49.1 Å². The summed E-state index contributed by atoms with van der Waals surface area (Å²) in [4.78, 5) is 27.5. The Balaban J connectivity index is 1.31. The van der Waals surface area contributed by atoms with Gasteiger partial charge in [0.1, 0.15) is 0 Å². The number of amides is 1. The Morgan fingerprint density at radius 2 is 1.94 bits per heavy atom. The largest absolute Gasteiger partial charge is 0.337 e. The molecule has 1 saturated heterocycles. The topological polar surface area (TPSA) is 78.6 Å². The lowest BCUT2D eigenvalue weighted by molar-refractivity contribution is -0.116. The number of hydrogen-bond donors (Lipinski definition) is 0. The molecule has 1 fully saturated rings. The maximum Gasteiger partial charge on any atom is 0.244 e. The molecule has 8 nitrogen and oxygen atoms in total. The molecule has 164 valence electrons. The number of benzene rings is 1. The fourth-order valence-corrected chi connectivity index (χ4v) is 4.71. The second-order valence-corrected chi connectivity index (χ2v) is 8.53. The average molecular weight is 441 g/mol. The van der Waals surface area contributed by atoms with Crippen LogP contribution in [0.2, 0.25) is 0 Å². The summed E-state index contributed by atoms with van der Waals surface area (Å²) < 4.78 is 5.55. The molecule has 31 heavy (non-hydrogen) atoms. The minimum atomic E-state index is 0.0300. The monoisotopic (exact) mass is 440 g/mol. The van der Waals surface area contributed by atoms with Gasteiger partial charge in [0, 0.05) is 57.1 Å². The van der Waals surface area contributed by atoms with Gasteiger partial charge in [-0.3, -0.25) is 19.5 Å². The summed E-state index contributed by atoms with van der Waals surface area (Å²) in [5.74, 6) is 1.31. The molecule has 1 aromatic carbocycles. The van der Waals surface area contributed by atoms with Crippen molar-refractivity contribution < 1.29 is 9.32 Å². The third kappa shape index (κ3) is 5.00. The number of aromatic nitrogens is 3. The molecule has 1 aliphatic rings. The standard InChI is InChI=1S/C22H28N6O2S/c1-4-28(17(3)29)22-23-19(15-31-22)14-26-10-12-27(13-11-26)16(2)21-24-20(25-30-21)18-8-6-5-7-9-18/h5-9,15-16H,4,10-14H2,1-3H3/t16-/m1/s1. The van der Waals surface area contributed by atoms with Crippen LogP contribution in [0.3, 0.4) is 0 Å². The van der Waals surface area contributed by atoms with Crippen molar-refractivity contribution in [3.05, 3.63) is 47.3 Å². The van der Waals surface area contributed by atoms with Gasteiger partial charge in [0.05, 0.1) is 11.7 Å². The van der Waals surface area contributed by atoms with Gasteiger partial charge in [0.15, 0.2) is 5.13 Å². The van der Waals surface area contributed by atoms with E-state index in [1.165, 1.54) is 11.3 Å². The zero-order chi connectivity index (χ0) is 21.8. The van der Waals surface area contributed by atoms with E-state index in [-0.39, 0.29) is 11.9 Å². The van der Waals surface area contributed by atoms with E-state index >= 15 is 0 Å². The van der Waals surface area contributed by atoms with Gasteiger partial charge in [-0.05, 0) is 13.8 Å². The second kappa shape index (κ2) is 9.67. The molecule has 3 aromatic rings. The molecule has 3 heterocycles. The Bertz CT molecular complexity index is 996. The summed E-state index contributed by atoms with van der Waals surface area (Å²) in [6.45, 7) is 10.8. The lowest BCUT2D eigenvalue weighted by Gasteiger charge is -2.36. The van der Waals surface area contributed by atoms with Gasteiger partial charge in [-0.15, -0.1) is 11.3 Å². The summed E-state index contributed by atoms with van der Waals surface area (Å²) in [7, 11) is 0. The van der Waals surface area contributed by atoms with Crippen LogP contribution in [-0.4, -0.2) is 63.6 Å². The zero-order valence-corrected chi connectivity index (χ0v) is 19.0. The van der Waals surface area contributed by atoms with E-state index in [1.807, 2.05) is 37.3 Å². The van der Waals surface area contributed by atoms with Crippen molar-refractivity contribution in [1.29, 1.82) is 0 Å². The number of piperazine rings is 1. The highest BCUT2D eigenvalue weighted by molar-refractivity contribution is 7.14. The fourth-order valence-electron chi connectivity index (χ4n) is 3.79. The summed E-state index contributed by atoms with van der Waals surface area (Å²) in [6, 6.07) is 9.96. The zero-order valence-electron chi connectivity index (χ0n) is 18.2. The quantitative estimate of drug-likeness (QED) is 0.557. The molecular formula is C22H28N6O2S. The normalized spacial score (nSPS) is 16.4. The van der Waals surface area contributed by atoms with Crippen molar-refractivity contribution in [2.75, 3.05) is 37.6 Å². The summed E-state index contributed by atoms with van der Waals surface area (Å²) in [5.41, 5.74) is 1.98. The van der Waals surface area contributed by atoms with Crippen molar-refractivity contribution >= 4 is 22.4 Å². The second-order valence-electron chi connectivity index (χ2n) is 7.70. The smallest absolute Gasteiger partial charge is 0.244 e. The van der Waals surface area contributed by atoms with E-state index in [9.17, 15) is 4.79 Å². The number of hydrogen-bond acceptors (Lipinski definition) is 8. The van der Waals surface area contributed by atoms with Gasteiger partial charge in [0.25, 0.3) is 0 Å². The van der Waals surface area contributed by atoms with Crippen LogP contribution in [0.4, 0.5) is 5.13 Å². The fraction of sp³-hybridized carbons (Fsp3) is 0.455. The third-order valence-electron chi connectivity index (χ3n) is 5.64. The maximum atomic E-state index is 11.7. The Labute approximate surface area is 186 Å². The number of carbonyl (C=O) groups excluding carboxylic acids is 1. The van der Waals surface area contributed by atoms with Crippen molar-refractivity contribution in [2.45, 2.75) is 33.4 Å². The molecule has 0 spiro atoms. The van der Waals surface area contributed by atoms with E-state index in [2.05, 4.69) is 37.2 Å². The van der Waals surface area contributed by atoms with Gasteiger partial charge in [-0.25, -0.2) is 4.98 Å². The first kappa shape index (κ1) is 21.6. The lowest BCUT2D eigenvalue weighted by Crippen LogP contribution is -2.46. The van der Waals surface area contributed by atoms with Crippen molar-refractivity contribution in [3.63, 3.8) is 0 Å². The van der Waals surface area contributed by atoms with Crippen molar-refractivity contribution in [1.82, 2.24) is 24.9 Å². The van der Waals surface area contributed by atoms with E-state index in [1.54, 1.807) is 11.8 Å². The summed E-state index contributed by atoms with van der Waals surface area (Å²) >= 11 is 1.53. The Morgan fingerprint density at radius 3 is 2.61 bits per heavy atom. The number of rotatable bonds is 7. The average Bonchev–Trinajstić information content (AvgIpc) is 3.45. The Kier molecular flexibility index (Phi) is 6.74. The van der Waals surface area contributed by atoms with Gasteiger partial charge in [-0.1, -0.05) is 35.5 Å². The number of nitrogens with zero attached hydrogens (tertiary/aromatic N) is 6. The first-order valence-electron chi connectivity index (χ1n) is 10.6. The highest BCUT2D eigenvalue weighted by atomic mass is 32.1. The maximum absolute atomic E-state index is 11.7. The van der Waals surface area contributed by atoms with Gasteiger partial charge in [0.2, 0.25) is 17.6 Å². The van der Waals surface area contributed by atoms with E-state index in [0.29, 0.717) is 18.3 Å². The predicted molar refractivity (Wildman–Crippen MR) is 121 cm³/mol. The highest BCUT2D eigenvalue weighted by Crippen LogP contribution is 2.25. The minimum Gasteiger partial charge on any atom is -0.337 e. The molecule has 0 bridgehead atoms. The lowest BCUT2D eigenvalue weighted by atomic mass is 10.2. The molecule has 0 aliphatic carbocycles. The van der Waals surface area contributed by atoms with Crippen molar-refractivity contribution in [2.24, 2.45) is 0 Å². The molecule has 0 N–H and O–H groups in total. The Hall–Kier alpha value is -2.62. The molecular weight excluding hydrogens is 412 g/mol. The number of thiazole rings is 1. The SMILES string of the molecule is CCN(C(C)=O)c1nc(CN2CCN([C@H](C)c3nc(-c4ccccc4)no3)CC2)cs1. The molecule has 0 unspecified atom stereocenters. The molecule has 1 atom stereocenters. The van der Waals surface area contributed by atoms with E-state index < -0.39 is 0 Å². The van der Waals surface area contributed by atoms with Crippen LogP contribution in [0.25, 0.3) is 11.4 Å². The first-order valence-corrected chi connectivity index (χ1v) is 11.5. The first-order chi connectivity index (χ1) is 15.0. The third-order valence-corrected chi connectivity index (χ3v) is 6.55. The molecule has 0 radical (unpaired) electrons.